The van der Waals surface area contributed by atoms with Crippen LogP contribution in [0.5, 0.6) is 0 Å². The minimum absolute atomic E-state index is 0.692. The Balaban J connectivity index is 1.58. The van der Waals surface area contributed by atoms with Crippen LogP contribution in [0.4, 0.5) is 17.8 Å². The third-order valence-corrected chi connectivity index (χ3v) is 5.83. The summed E-state index contributed by atoms with van der Waals surface area (Å²) >= 11 is 0. The Morgan fingerprint density at radius 3 is 1.93 bits per heavy atom. The van der Waals surface area contributed by atoms with E-state index in [0.717, 1.165) is 44.6 Å². The fraction of sp³-hybridized carbons (Fsp3) is 0.591. The van der Waals surface area contributed by atoms with Gasteiger partial charge >= 0.3 is 0 Å². The number of benzene rings is 1. The molecule has 2 saturated heterocycles. The second kappa shape index (κ2) is 8.76. The van der Waals surface area contributed by atoms with E-state index in [1.54, 1.807) is 0 Å². The number of rotatable bonds is 5. The molecule has 1 aromatic heterocycles. The first-order chi connectivity index (χ1) is 13.7. The normalized spacial score (nSPS) is 17.6. The number of aromatic nitrogens is 3. The maximum Gasteiger partial charge on any atom is 0.231 e. The van der Waals surface area contributed by atoms with Crippen LogP contribution in [0.2, 0.25) is 0 Å². The molecule has 28 heavy (non-hydrogen) atoms. The van der Waals surface area contributed by atoms with Gasteiger partial charge in [-0.1, -0.05) is 23.8 Å². The lowest BCUT2D eigenvalue weighted by Gasteiger charge is -2.30. The van der Waals surface area contributed by atoms with Gasteiger partial charge in [0.05, 0.1) is 0 Å². The summed E-state index contributed by atoms with van der Waals surface area (Å²) in [5, 5.41) is 3.47. The summed E-state index contributed by atoms with van der Waals surface area (Å²) in [5.41, 5.74) is 3.86. The van der Waals surface area contributed by atoms with E-state index in [-0.39, 0.29) is 0 Å². The van der Waals surface area contributed by atoms with Gasteiger partial charge in [-0.05, 0) is 63.5 Å². The second-order valence-corrected chi connectivity index (χ2v) is 8.14. The minimum Gasteiger partial charge on any atom is -0.350 e. The highest BCUT2D eigenvalue weighted by Gasteiger charge is 2.20. The van der Waals surface area contributed by atoms with E-state index in [4.69, 9.17) is 15.0 Å². The number of aryl methyl sites for hydroxylation is 2. The van der Waals surface area contributed by atoms with Crippen LogP contribution in [0.15, 0.2) is 18.2 Å². The zero-order valence-corrected chi connectivity index (χ0v) is 17.2. The Hall–Kier alpha value is -2.37. The van der Waals surface area contributed by atoms with Crippen molar-refractivity contribution in [1.82, 2.24) is 15.0 Å². The molecular formula is C22H32N6. The van der Waals surface area contributed by atoms with Gasteiger partial charge < -0.3 is 15.1 Å². The molecule has 4 rings (SSSR count). The highest BCUT2D eigenvalue weighted by Crippen LogP contribution is 2.23. The highest BCUT2D eigenvalue weighted by atomic mass is 15.4. The fourth-order valence-corrected chi connectivity index (χ4v) is 4.07. The maximum absolute atomic E-state index is 4.86. The van der Waals surface area contributed by atoms with Gasteiger partial charge in [-0.15, -0.1) is 0 Å². The molecule has 2 aliphatic rings. The maximum atomic E-state index is 4.86. The van der Waals surface area contributed by atoms with Crippen molar-refractivity contribution in [2.75, 3.05) is 41.3 Å². The number of nitrogens with zero attached hydrogens (tertiary/aromatic N) is 5. The van der Waals surface area contributed by atoms with Gasteiger partial charge in [-0.25, -0.2) is 0 Å². The molecule has 0 spiro atoms. The molecule has 1 aromatic carbocycles. The first-order valence-corrected chi connectivity index (χ1v) is 10.7. The van der Waals surface area contributed by atoms with Crippen molar-refractivity contribution in [3.05, 3.63) is 34.9 Å². The average molecular weight is 381 g/mol. The SMILES string of the molecule is Cc1ccc(C)c(CNc2nc(N3CCCCC3)nc(N3CCCCC3)n2)c1. The molecule has 1 N–H and O–H groups in total. The molecule has 2 fully saturated rings. The van der Waals surface area contributed by atoms with E-state index < -0.39 is 0 Å². The molecule has 0 aliphatic carbocycles. The molecule has 0 bridgehead atoms. The van der Waals surface area contributed by atoms with Crippen LogP contribution in [0.25, 0.3) is 0 Å². The number of piperidine rings is 2. The van der Waals surface area contributed by atoms with Crippen molar-refractivity contribution in [3.63, 3.8) is 0 Å². The number of anilines is 3. The lowest BCUT2D eigenvalue weighted by Crippen LogP contribution is -2.34. The summed E-state index contributed by atoms with van der Waals surface area (Å²) in [6, 6.07) is 6.57. The van der Waals surface area contributed by atoms with Crippen molar-refractivity contribution >= 4 is 17.8 Å². The molecule has 0 saturated carbocycles. The standard InChI is InChI=1S/C22H32N6/c1-17-9-10-18(2)19(15-17)16-23-20-24-21(27-11-5-3-6-12-27)26-22(25-20)28-13-7-4-8-14-28/h9-10,15H,3-8,11-14,16H2,1-2H3,(H,23,24,25,26). The minimum atomic E-state index is 0.692. The monoisotopic (exact) mass is 380 g/mol. The van der Waals surface area contributed by atoms with Gasteiger partial charge in [-0.3, -0.25) is 0 Å². The molecule has 0 atom stereocenters. The van der Waals surface area contributed by atoms with Crippen LogP contribution in [0.1, 0.15) is 55.2 Å². The summed E-state index contributed by atoms with van der Waals surface area (Å²) in [6.45, 7) is 9.19. The number of hydrogen-bond acceptors (Lipinski definition) is 6. The zero-order chi connectivity index (χ0) is 19.3. The van der Waals surface area contributed by atoms with E-state index in [2.05, 4.69) is 47.2 Å². The molecule has 6 heteroatoms. The van der Waals surface area contributed by atoms with Crippen molar-refractivity contribution in [2.45, 2.75) is 58.9 Å². The van der Waals surface area contributed by atoms with Crippen LogP contribution in [0.3, 0.4) is 0 Å². The van der Waals surface area contributed by atoms with Crippen LogP contribution in [-0.2, 0) is 6.54 Å². The first kappa shape index (κ1) is 19.0. The van der Waals surface area contributed by atoms with Crippen molar-refractivity contribution in [3.8, 4) is 0 Å². The molecular weight excluding hydrogens is 348 g/mol. The third-order valence-electron chi connectivity index (χ3n) is 5.83. The average Bonchev–Trinajstić information content (AvgIpc) is 2.75. The third kappa shape index (κ3) is 4.54. The molecule has 0 amide bonds. The summed E-state index contributed by atoms with van der Waals surface area (Å²) < 4.78 is 0. The smallest absolute Gasteiger partial charge is 0.231 e. The molecule has 0 unspecified atom stereocenters. The van der Waals surface area contributed by atoms with Crippen molar-refractivity contribution < 1.29 is 0 Å². The van der Waals surface area contributed by atoms with Crippen molar-refractivity contribution in [2.24, 2.45) is 0 Å². The lowest BCUT2D eigenvalue weighted by atomic mass is 10.1. The molecule has 0 radical (unpaired) electrons. The van der Waals surface area contributed by atoms with E-state index >= 15 is 0 Å². The predicted octanol–water partition coefficient (Wildman–Crippen LogP) is 4.08. The van der Waals surface area contributed by atoms with Crippen LogP contribution < -0.4 is 15.1 Å². The summed E-state index contributed by atoms with van der Waals surface area (Å²) in [6.07, 6.45) is 7.48. The van der Waals surface area contributed by atoms with Crippen LogP contribution in [0, 0.1) is 13.8 Å². The van der Waals surface area contributed by atoms with Crippen LogP contribution in [-0.4, -0.2) is 41.1 Å². The van der Waals surface area contributed by atoms with Crippen LogP contribution >= 0.6 is 0 Å². The van der Waals surface area contributed by atoms with Crippen molar-refractivity contribution in [1.29, 1.82) is 0 Å². The summed E-state index contributed by atoms with van der Waals surface area (Å²) in [7, 11) is 0. The van der Waals surface area contributed by atoms with Gasteiger partial charge in [0.1, 0.15) is 0 Å². The lowest BCUT2D eigenvalue weighted by molar-refractivity contribution is 0.556. The molecule has 6 nitrogen and oxygen atoms in total. The molecule has 2 aliphatic heterocycles. The topological polar surface area (TPSA) is 57.2 Å². The van der Waals surface area contributed by atoms with E-state index in [9.17, 15) is 0 Å². The Morgan fingerprint density at radius 2 is 1.36 bits per heavy atom. The van der Waals surface area contributed by atoms with Gasteiger partial charge in [0.2, 0.25) is 17.8 Å². The van der Waals surface area contributed by atoms with Gasteiger partial charge in [0, 0.05) is 32.7 Å². The molecule has 150 valence electrons. The highest BCUT2D eigenvalue weighted by molar-refractivity contribution is 5.46. The summed E-state index contributed by atoms with van der Waals surface area (Å²) in [5.74, 6) is 2.36. The quantitative estimate of drug-likeness (QED) is 0.843. The zero-order valence-electron chi connectivity index (χ0n) is 17.2. The molecule has 3 heterocycles. The first-order valence-electron chi connectivity index (χ1n) is 10.7. The number of hydrogen-bond donors (Lipinski definition) is 1. The van der Waals surface area contributed by atoms with Gasteiger partial charge in [0.15, 0.2) is 0 Å². The summed E-state index contributed by atoms with van der Waals surface area (Å²) in [4.78, 5) is 19.1. The Labute approximate surface area is 168 Å². The van der Waals surface area contributed by atoms with E-state index in [1.165, 1.54) is 55.2 Å². The number of nitrogens with one attached hydrogen (secondary N) is 1. The fourth-order valence-electron chi connectivity index (χ4n) is 4.07. The second-order valence-electron chi connectivity index (χ2n) is 8.14. The van der Waals surface area contributed by atoms with E-state index in [0.29, 0.717) is 5.95 Å². The largest absolute Gasteiger partial charge is 0.350 e. The van der Waals surface area contributed by atoms with Gasteiger partial charge in [0.25, 0.3) is 0 Å². The Bertz CT molecular complexity index is 757. The molecule has 2 aromatic rings. The Morgan fingerprint density at radius 1 is 0.786 bits per heavy atom. The Kier molecular flexibility index (Phi) is 5.93. The van der Waals surface area contributed by atoms with Gasteiger partial charge in [-0.2, -0.15) is 15.0 Å². The predicted molar refractivity (Wildman–Crippen MR) is 115 cm³/mol. The van der Waals surface area contributed by atoms with E-state index in [1.807, 2.05) is 0 Å².